The minimum atomic E-state index is 1.30. The number of hydrogen-bond donors (Lipinski definition) is 0. The van der Waals surface area contributed by atoms with Crippen LogP contribution in [-0.4, -0.2) is 9.13 Å². The molecule has 0 fully saturated rings. The molecule has 2 aromatic heterocycles. The highest BCUT2D eigenvalue weighted by atomic mass is 14.9. The van der Waals surface area contributed by atoms with Crippen LogP contribution in [0.15, 0.2) is 60.7 Å². The summed E-state index contributed by atoms with van der Waals surface area (Å²) < 4.78 is 4.72. The van der Waals surface area contributed by atoms with Gasteiger partial charge >= 0.3 is 0 Å². The van der Waals surface area contributed by atoms with E-state index < -0.39 is 0 Å². The van der Waals surface area contributed by atoms with Gasteiger partial charge in [-0.05, 0) is 37.1 Å². The van der Waals surface area contributed by atoms with Crippen molar-refractivity contribution in [3.05, 3.63) is 71.8 Å². The SMILES string of the molecule is Cc1ccc2c3ccc4c(ccc5c6ccc(C)cc6n(C)c54)c3n(C)c2c1. The van der Waals surface area contributed by atoms with Crippen LogP contribution in [0.5, 0.6) is 0 Å². The van der Waals surface area contributed by atoms with Crippen molar-refractivity contribution in [2.24, 2.45) is 14.1 Å². The fourth-order valence-electron chi connectivity index (χ4n) is 5.07. The summed E-state index contributed by atoms with van der Waals surface area (Å²) >= 11 is 0. The molecule has 0 radical (unpaired) electrons. The van der Waals surface area contributed by atoms with E-state index in [1.54, 1.807) is 0 Å². The molecule has 4 aromatic carbocycles. The standard InChI is InChI=1S/C26H22N2/c1-15-5-7-17-19-9-11-22-21(25(19)27(3)23(17)13-15)12-10-20-18-8-6-16(2)14-24(18)28(4)26(20)22/h5-14H,1-4H3. The van der Waals surface area contributed by atoms with Crippen molar-refractivity contribution >= 4 is 54.4 Å². The topological polar surface area (TPSA) is 9.86 Å². The molecule has 6 aromatic rings. The van der Waals surface area contributed by atoms with Gasteiger partial charge in [0.2, 0.25) is 0 Å². The Hall–Kier alpha value is -3.26. The van der Waals surface area contributed by atoms with Gasteiger partial charge in [-0.1, -0.05) is 48.5 Å². The highest BCUT2D eigenvalue weighted by Crippen LogP contribution is 2.39. The van der Waals surface area contributed by atoms with E-state index in [-0.39, 0.29) is 0 Å². The average Bonchev–Trinajstić information content (AvgIpc) is 3.14. The lowest BCUT2D eigenvalue weighted by Gasteiger charge is -2.07. The van der Waals surface area contributed by atoms with Crippen molar-refractivity contribution < 1.29 is 0 Å². The molecular weight excluding hydrogens is 340 g/mol. The first kappa shape index (κ1) is 15.8. The highest BCUT2D eigenvalue weighted by Gasteiger charge is 2.16. The third kappa shape index (κ3) is 1.83. The predicted octanol–water partition coefficient (Wildman–Crippen LogP) is 6.75. The predicted molar refractivity (Wildman–Crippen MR) is 121 cm³/mol. The van der Waals surface area contributed by atoms with Gasteiger partial charge < -0.3 is 9.13 Å². The van der Waals surface area contributed by atoms with Crippen LogP contribution in [0.3, 0.4) is 0 Å². The maximum atomic E-state index is 2.36. The second-order valence-corrected chi connectivity index (χ2v) is 8.18. The molecule has 0 atom stereocenters. The van der Waals surface area contributed by atoms with Crippen molar-refractivity contribution in [3.63, 3.8) is 0 Å². The molecule has 28 heavy (non-hydrogen) atoms. The first-order valence-corrected chi connectivity index (χ1v) is 9.84. The molecule has 0 aliphatic carbocycles. The Labute approximate surface area is 163 Å². The zero-order valence-electron chi connectivity index (χ0n) is 16.7. The van der Waals surface area contributed by atoms with Crippen LogP contribution in [0.4, 0.5) is 0 Å². The van der Waals surface area contributed by atoms with Crippen molar-refractivity contribution in [1.82, 2.24) is 9.13 Å². The van der Waals surface area contributed by atoms with Gasteiger partial charge in [0.1, 0.15) is 0 Å². The third-order valence-corrected chi connectivity index (χ3v) is 6.42. The summed E-state index contributed by atoms with van der Waals surface area (Å²) in [5.41, 5.74) is 7.84. The maximum absolute atomic E-state index is 2.36. The molecule has 0 N–H and O–H groups in total. The number of hydrogen-bond acceptors (Lipinski definition) is 0. The first-order chi connectivity index (χ1) is 13.5. The highest BCUT2D eigenvalue weighted by molar-refractivity contribution is 6.25. The summed E-state index contributed by atoms with van der Waals surface area (Å²) in [6, 6.07) is 22.8. The second kappa shape index (κ2) is 5.17. The van der Waals surface area contributed by atoms with Gasteiger partial charge in [-0.3, -0.25) is 0 Å². The minimum absolute atomic E-state index is 1.30. The summed E-state index contributed by atoms with van der Waals surface area (Å²) in [6.45, 7) is 4.33. The summed E-state index contributed by atoms with van der Waals surface area (Å²) in [5, 5.41) is 7.97. The van der Waals surface area contributed by atoms with E-state index in [1.807, 2.05) is 0 Å². The smallest absolute Gasteiger partial charge is 0.0569 e. The van der Waals surface area contributed by atoms with Crippen LogP contribution in [0.25, 0.3) is 54.4 Å². The lowest BCUT2D eigenvalue weighted by atomic mass is 10.0. The fraction of sp³-hybridized carbons (Fsp3) is 0.154. The first-order valence-electron chi connectivity index (χ1n) is 9.84. The van der Waals surface area contributed by atoms with Gasteiger partial charge in [0.15, 0.2) is 0 Å². The van der Waals surface area contributed by atoms with Crippen LogP contribution in [0.2, 0.25) is 0 Å². The van der Waals surface area contributed by atoms with Crippen molar-refractivity contribution in [2.45, 2.75) is 13.8 Å². The molecule has 0 spiro atoms. The number of benzene rings is 4. The molecule has 2 heteroatoms. The van der Waals surface area contributed by atoms with Gasteiger partial charge in [0.05, 0.1) is 11.0 Å². The molecule has 2 nitrogen and oxygen atoms in total. The molecule has 136 valence electrons. The molecule has 0 amide bonds. The Balaban J connectivity index is 1.87. The second-order valence-electron chi connectivity index (χ2n) is 8.18. The molecule has 0 aliphatic rings. The van der Waals surface area contributed by atoms with Crippen molar-refractivity contribution in [3.8, 4) is 0 Å². The Morgan fingerprint density at radius 2 is 0.786 bits per heavy atom. The number of nitrogens with zero attached hydrogens (tertiary/aromatic N) is 2. The van der Waals surface area contributed by atoms with Gasteiger partial charge in [0.25, 0.3) is 0 Å². The van der Waals surface area contributed by atoms with Crippen LogP contribution in [0, 0.1) is 13.8 Å². The van der Waals surface area contributed by atoms with Gasteiger partial charge in [-0.25, -0.2) is 0 Å². The molecule has 2 heterocycles. The van der Waals surface area contributed by atoms with Crippen LogP contribution in [-0.2, 0) is 14.1 Å². The Morgan fingerprint density at radius 1 is 0.464 bits per heavy atom. The van der Waals surface area contributed by atoms with Gasteiger partial charge in [-0.2, -0.15) is 0 Å². The van der Waals surface area contributed by atoms with Gasteiger partial charge in [0, 0.05) is 57.4 Å². The van der Waals surface area contributed by atoms with E-state index >= 15 is 0 Å². The average molecular weight is 362 g/mol. The normalized spacial score (nSPS) is 12.3. The maximum Gasteiger partial charge on any atom is 0.0569 e. The summed E-state index contributed by atoms with van der Waals surface area (Å²) in [4.78, 5) is 0. The number of rotatable bonds is 0. The van der Waals surface area contributed by atoms with E-state index in [9.17, 15) is 0 Å². The summed E-state index contributed by atoms with van der Waals surface area (Å²) in [6.07, 6.45) is 0. The largest absolute Gasteiger partial charge is 0.343 e. The molecule has 0 bridgehead atoms. The zero-order valence-corrected chi connectivity index (χ0v) is 16.7. The third-order valence-electron chi connectivity index (χ3n) is 6.42. The van der Waals surface area contributed by atoms with Crippen LogP contribution in [0.1, 0.15) is 11.1 Å². The molecule has 6 rings (SSSR count). The van der Waals surface area contributed by atoms with E-state index in [0.717, 1.165) is 0 Å². The zero-order chi connectivity index (χ0) is 19.2. The fourth-order valence-corrected chi connectivity index (χ4v) is 5.07. The number of fused-ring (bicyclic) bond motifs is 9. The van der Waals surface area contributed by atoms with Crippen LogP contribution >= 0.6 is 0 Å². The van der Waals surface area contributed by atoms with E-state index in [4.69, 9.17) is 0 Å². The molecule has 0 unspecified atom stereocenters. The van der Waals surface area contributed by atoms with Gasteiger partial charge in [-0.15, -0.1) is 0 Å². The van der Waals surface area contributed by atoms with Crippen LogP contribution < -0.4 is 0 Å². The number of aromatic nitrogens is 2. The monoisotopic (exact) mass is 362 g/mol. The Kier molecular flexibility index (Phi) is 2.91. The quantitative estimate of drug-likeness (QED) is 0.283. The number of aryl methyl sites for hydroxylation is 4. The lowest BCUT2D eigenvalue weighted by Crippen LogP contribution is -1.91. The molecular formula is C26H22N2. The van der Waals surface area contributed by atoms with E-state index in [1.165, 1.54) is 65.5 Å². The Morgan fingerprint density at radius 3 is 1.18 bits per heavy atom. The van der Waals surface area contributed by atoms with E-state index in [0.29, 0.717) is 0 Å². The Bertz CT molecular complexity index is 1470. The van der Waals surface area contributed by atoms with Crippen molar-refractivity contribution in [2.75, 3.05) is 0 Å². The minimum Gasteiger partial charge on any atom is -0.343 e. The molecule has 0 saturated carbocycles. The molecule has 0 saturated heterocycles. The van der Waals surface area contributed by atoms with Crippen molar-refractivity contribution in [1.29, 1.82) is 0 Å². The lowest BCUT2D eigenvalue weighted by molar-refractivity contribution is 1.01. The van der Waals surface area contributed by atoms with E-state index in [2.05, 4.69) is 97.7 Å². The summed E-state index contributed by atoms with van der Waals surface area (Å²) in [5.74, 6) is 0. The summed E-state index contributed by atoms with van der Waals surface area (Å²) in [7, 11) is 4.39. The molecule has 0 aliphatic heterocycles.